The molecule has 0 atom stereocenters. The van der Waals surface area contributed by atoms with E-state index in [2.05, 4.69) is 15.6 Å². The molecule has 7 heteroatoms. The van der Waals surface area contributed by atoms with Crippen LogP contribution in [0.2, 0.25) is 0 Å². The molecule has 0 aliphatic rings. The summed E-state index contributed by atoms with van der Waals surface area (Å²) in [5, 5.41) is 6.32. The monoisotopic (exact) mass is 333 g/mol. The normalized spacial score (nSPS) is 11.5. The van der Waals surface area contributed by atoms with Crippen molar-refractivity contribution < 1.29 is 18.0 Å². The number of benzene rings is 2. The van der Waals surface area contributed by atoms with Crippen molar-refractivity contribution in [2.75, 3.05) is 5.32 Å². The summed E-state index contributed by atoms with van der Waals surface area (Å²) in [5.41, 5.74) is 1.39. The van der Waals surface area contributed by atoms with Crippen LogP contribution in [0, 0.1) is 0 Å². The number of rotatable bonds is 3. The van der Waals surface area contributed by atoms with Crippen LogP contribution in [0.3, 0.4) is 0 Å². The van der Waals surface area contributed by atoms with E-state index in [0.717, 1.165) is 23.0 Å². The SMILES string of the molecule is O=C(NCc1ccc(C(F)(F)F)cc1)Nc1ccc2cc[nH]c2c1. The van der Waals surface area contributed by atoms with Crippen molar-refractivity contribution in [2.45, 2.75) is 12.7 Å². The summed E-state index contributed by atoms with van der Waals surface area (Å²) < 4.78 is 37.4. The second-order valence-corrected chi connectivity index (χ2v) is 5.28. The van der Waals surface area contributed by atoms with Gasteiger partial charge in [-0.15, -0.1) is 0 Å². The van der Waals surface area contributed by atoms with Gasteiger partial charge in [0.1, 0.15) is 0 Å². The molecule has 3 aromatic rings. The summed E-state index contributed by atoms with van der Waals surface area (Å²) in [5.74, 6) is 0. The standard InChI is InChI=1S/C17H14F3N3O/c18-17(19,20)13-4-1-11(2-5-13)10-22-16(24)23-14-6-3-12-7-8-21-15(12)9-14/h1-9,21H,10H2,(H2,22,23,24). The van der Waals surface area contributed by atoms with Gasteiger partial charge in [0.25, 0.3) is 0 Å². The number of halogens is 3. The lowest BCUT2D eigenvalue weighted by Gasteiger charge is -2.10. The van der Waals surface area contributed by atoms with Crippen molar-refractivity contribution in [1.82, 2.24) is 10.3 Å². The van der Waals surface area contributed by atoms with Gasteiger partial charge in [0.05, 0.1) is 5.56 Å². The zero-order valence-corrected chi connectivity index (χ0v) is 12.4. The predicted molar refractivity (Wildman–Crippen MR) is 85.6 cm³/mol. The molecule has 0 spiro atoms. The molecule has 3 N–H and O–H groups in total. The summed E-state index contributed by atoms with van der Waals surface area (Å²) in [4.78, 5) is 14.9. The van der Waals surface area contributed by atoms with Crippen LogP contribution in [0.1, 0.15) is 11.1 Å². The van der Waals surface area contributed by atoms with Gasteiger partial charge in [-0.1, -0.05) is 18.2 Å². The quantitative estimate of drug-likeness (QED) is 0.649. The Bertz CT molecular complexity index is 853. The van der Waals surface area contributed by atoms with Crippen molar-refractivity contribution in [3.05, 3.63) is 65.9 Å². The van der Waals surface area contributed by atoms with Gasteiger partial charge >= 0.3 is 12.2 Å². The Hall–Kier alpha value is -2.96. The molecule has 0 saturated carbocycles. The van der Waals surface area contributed by atoms with Crippen LogP contribution in [0.15, 0.2) is 54.7 Å². The highest BCUT2D eigenvalue weighted by molar-refractivity contribution is 5.92. The van der Waals surface area contributed by atoms with Gasteiger partial charge < -0.3 is 15.6 Å². The topological polar surface area (TPSA) is 56.9 Å². The third-order valence-electron chi connectivity index (χ3n) is 3.55. The first-order chi connectivity index (χ1) is 11.4. The van der Waals surface area contributed by atoms with Crippen LogP contribution in [-0.4, -0.2) is 11.0 Å². The van der Waals surface area contributed by atoms with Crippen LogP contribution >= 0.6 is 0 Å². The smallest absolute Gasteiger partial charge is 0.361 e. The molecule has 0 saturated heterocycles. The lowest BCUT2D eigenvalue weighted by atomic mass is 10.1. The lowest BCUT2D eigenvalue weighted by molar-refractivity contribution is -0.137. The number of amides is 2. The van der Waals surface area contributed by atoms with E-state index in [1.807, 2.05) is 12.1 Å². The summed E-state index contributed by atoms with van der Waals surface area (Å²) in [7, 11) is 0. The zero-order valence-electron chi connectivity index (χ0n) is 12.4. The molecule has 0 bridgehead atoms. The van der Waals surface area contributed by atoms with Gasteiger partial charge in [0.15, 0.2) is 0 Å². The number of nitrogens with one attached hydrogen (secondary N) is 3. The number of urea groups is 1. The minimum Gasteiger partial charge on any atom is -0.361 e. The van der Waals surface area contributed by atoms with Crippen LogP contribution in [0.4, 0.5) is 23.7 Å². The van der Waals surface area contributed by atoms with E-state index in [0.29, 0.717) is 11.3 Å². The summed E-state index contributed by atoms with van der Waals surface area (Å²) in [6, 6.07) is 11.6. The summed E-state index contributed by atoms with van der Waals surface area (Å²) >= 11 is 0. The largest absolute Gasteiger partial charge is 0.416 e. The molecular weight excluding hydrogens is 319 g/mol. The fourth-order valence-electron chi connectivity index (χ4n) is 2.29. The number of hydrogen-bond acceptors (Lipinski definition) is 1. The van der Waals surface area contributed by atoms with Gasteiger partial charge in [0, 0.05) is 23.9 Å². The number of carbonyl (C=O) groups is 1. The molecule has 0 fully saturated rings. The van der Waals surface area contributed by atoms with Crippen LogP contribution in [0.5, 0.6) is 0 Å². The van der Waals surface area contributed by atoms with Crippen LogP contribution in [-0.2, 0) is 12.7 Å². The molecule has 0 radical (unpaired) electrons. The van der Waals surface area contributed by atoms with Crippen molar-refractivity contribution in [2.24, 2.45) is 0 Å². The first kappa shape index (κ1) is 15.9. The zero-order chi connectivity index (χ0) is 17.2. The molecule has 3 rings (SSSR count). The fourth-order valence-corrected chi connectivity index (χ4v) is 2.29. The van der Waals surface area contributed by atoms with Gasteiger partial charge in [-0.25, -0.2) is 4.79 Å². The van der Waals surface area contributed by atoms with Crippen molar-refractivity contribution in [1.29, 1.82) is 0 Å². The number of aromatic amines is 1. The van der Waals surface area contributed by atoms with E-state index in [4.69, 9.17) is 0 Å². The highest BCUT2D eigenvalue weighted by Crippen LogP contribution is 2.29. The summed E-state index contributed by atoms with van der Waals surface area (Å²) in [6.07, 6.45) is -2.56. The van der Waals surface area contributed by atoms with Crippen molar-refractivity contribution in [3.8, 4) is 0 Å². The number of alkyl halides is 3. The molecule has 0 aliphatic heterocycles. The van der Waals surface area contributed by atoms with E-state index in [9.17, 15) is 18.0 Å². The molecule has 24 heavy (non-hydrogen) atoms. The van der Waals surface area contributed by atoms with E-state index in [-0.39, 0.29) is 6.54 Å². The number of carbonyl (C=O) groups excluding carboxylic acids is 1. The summed E-state index contributed by atoms with van der Waals surface area (Å²) in [6.45, 7) is 0.134. The molecule has 124 valence electrons. The number of fused-ring (bicyclic) bond motifs is 1. The average molecular weight is 333 g/mol. The first-order valence-electron chi connectivity index (χ1n) is 7.20. The Morgan fingerprint density at radius 2 is 1.79 bits per heavy atom. The van der Waals surface area contributed by atoms with Gasteiger partial charge in [-0.3, -0.25) is 0 Å². The minimum absolute atomic E-state index is 0.134. The molecule has 2 aromatic carbocycles. The van der Waals surface area contributed by atoms with E-state index in [1.165, 1.54) is 12.1 Å². The molecular formula is C17H14F3N3O. The Morgan fingerprint density at radius 3 is 2.50 bits per heavy atom. The third kappa shape index (κ3) is 3.68. The number of H-pyrrole nitrogens is 1. The fraction of sp³-hybridized carbons (Fsp3) is 0.118. The predicted octanol–water partition coefficient (Wildman–Crippen LogP) is 4.51. The Kier molecular flexibility index (Phi) is 4.16. The molecule has 0 unspecified atom stereocenters. The second-order valence-electron chi connectivity index (χ2n) is 5.28. The Balaban J connectivity index is 1.57. The van der Waals surface area contributed by atoms with Crippen LogP contribution in [0.25, 0.3) is 10.9 Å². The highest BCUT2D eigenvalue weighted by Gasteiger charge is 2.29. The lowest BCUT2D eigenvalue weighted by Crippen LogP contribution is -2.28. The van der Waals surface area contributed by atoms with Crippen molar-refractivity contribution in [3.63, 3.8) is 0 Å². The Labute approximate surface area is 135 Å². The van der Waals surface area contributed by atoms with Gasteiger partial charge in [-0.05, 0) is 41.3 Å². The average Bonchev–Trinajstić information content (AvgIpc) is 3.00. The number of anilines is 1. The van der Waals surface area contributed by atoms with E-state index in [1.54, 1.807) is 18.3 Å². The third-order valence-corrected chi connectivity index (χ3v) is 3.55. The maximum absolute atomic E-state index is 12.5. The molecule has 2 amide bonds. The minimum atomic E-state index is -4.36. The number of hydrogen-bond donors (Lipinski definition) is 3. The van der Waals surface area contributed by atoms with Crippen molar-refractivity contribution >= 4 is 22.6 Å². The molecule has 1 heterocycles. The molecule has 0 aliphatic carbocycles. The number of aromatic nitrogens is 1. The maximum Gasteiger partial charge on any atom is 0.416 e. The van der Waals surface area contributed by atoms with Gasteiger partial charge in [-0.2, -0.15) is 13.2 Å². The highest BCUT2D eigenvalue weighted by atomic mass is 19.4. The van der Waals surface area contributed by atoms with Crippen LogP contribution < -0.4 is 10.6 Å². The van der Waals surface area contributed by atoms with E-state index >= 15 is 0 Å². The first-order valence-corrected chi connectivity index (χ1v) is 7.20. The maximum atomic E-state index is 12.5. The second kappa shape index (κ2) is 6.27. The Morgan fingerprint density at radius 1 is 1.04 bits per heavy atom. The van der Waals surface area contributed by atoms with E-state index < -0.39 is 17.8 Å². The molecule has 1 aromatic heterocycles. The molecule has 4 nitrogen and oxygen atoms in total. The van der Waals surface area contributed by atoms with Gasteiger partial charge in [0.2, 0.25) is 0 Å².